The largest absolute Gasteiger partial charge is 0.353 e. The summed E-state index contributed by atoms with van der Waals surface area (Å²) < 4.78 is 27.5. The number of amides is 1. The summed E-state index contributed by atoms with van der Waals surface area (Å²) in [4.78, 5) is 11.7. The van der Waals surface area contributed by atoms with Crippen LogP contribution in [0.15, 0.2) is 36.5 Å². The summed E-state index contributed by atoms with van der Waals surface area (Å²) in [5.41, 5.74) is 1.02. The van der Waals surface area contributed by atoms with Crippen LogP contribution in [-0.4, -0.2) is 10.5 Å². The summed E-state index contributed by atoms with van der Waals surface area (Å²) in [6.07, 6.45) is 1.86. The second-order valence-corrected chi connectivity index (χ2v) is 3.92. The molecule has 0 saturated heterocycles. The number of aromatic nitrogens is 1. The van der Waals surface area contributed by atoms with Gasteiger partial charge in [-0.3, -0.25) is 4.79 Å². The van der Waals surface area contributed by atoms with Gasteiger partial charge >= 0.3 is 0 Å². The van der Waals surface area contributed by atoms with Gasteiger partial charge in [0.25, 0.3) is 5.91 Å². The fraction of sp³-hybridized carbons (Fsp3) is 0.154. The van der Waals surface area contributed by atoms with Gasteiger partial charge in [-0.25, -0.2) is 8.78 Å². The van der Waals surface area contributed by atoms with Gasteiger partial charge in [0.15, 0.2) is 11.6 Å². The first-order valence-corrected chi connectivity index (χ1v) is 5.41. The van der Waals surface area contributed by atoms with Crippen molar-refractivity contribution in [2.45, 2.75) is 6.54 Å². The predicted octanol–water partition coefficient (Wildman–Crippen LogP) is 2.23. The van der Waals surface area contributed by atoms with E-state index in [0.717, 1.165) is 17.8 Å². The van der Waals surface area contributed by atoms with Gasteiger partial charge in [0.2, 0.25) is 0 Å². The molecule has 5 heteroatoms. The Bertz CT molecular complexity index is 578. The Hall–Kier alpha value is -2.17. The molecule has 1 N–H and O–H groups in total. The molecule has 1 aromatic carbocycles. The molecule has 0 unspecified atom stereocenters. The number of carbonyl (C=O) groups is 1. The van der Waals surface area contributed by atoms with Gasteiger partial charge in [-0.05, 0) is 30.3 Å². The fourth-order valence-electron chi connectivity index (χ4n) is 1.59. The molecule has 0 saturated carbocycles. The SMILES string of the molecule is Cn1cccc1CNC(=O)c1ccc(F)c(F)c1. The molecular weight excluding hydrogens is 238 g/mol. The maximum Gasteiger partial charge on any atom is 0.251 e. The van der Waals surface area contributed by atoms with E-state index in [-0.39, 0.29) is 5.56 Å². The van der Waals surface area contributed by atoms with E-state index in [1.54, 1.807) is 0 Å². The Balaban J connectivity index is 2.04. The lowest BCUT2D eigenvalue weighted by atomic mass is 10.2. The highest BCUT2D eigenvalue weighted by atomic mass is 19.2. The van der Waals surface area contributed by atoms with Crippen LogP contribution in [-0.2, 0) is 13.6 Å². The number of nitrogens with zero attached hydrogens (tertiary/aromatic N) is 1. The van der Waals surface area contributed by atoms with E-state index < -0.39 is 17.5 Å². The minimum Gasteiger partial charge on any atom is -0.353 e. The summed E-state index contributed by atoms with van der Waals surface area (Å²) in [7, 11) is 1.86. The van der Waals surface area contributed by atoms with Crippen LogP contribution in [0.3, 0.4) is 0 Å². The molecule has 0 spiro atoms. The third-order valence-corrected chi connectivity index (χ3v) is 2.66. The van der Waals surface area contributed by atoms with Gasteiger partial charge in [0.05, 0.1) is 6.54 Å². The quantitative estimate of drug-likeness (QED) is 0.890. The monoisotopic (exact) mass is 250 g/mol. The van der Waals surface area contributed by atoms with Gasteiger partial charge in [-0.15, -0.1) is 0 Å². The van der Waals surface area contributed by atoms with E-state index in [0.29, 0.717) is 6.54 Å². The molecule has 94 valence electrons. The molecule has 0 fully saturated rings. The Morgan fingerprint density at radius 2 is 2.06 bits per heavy atom. The Kier molecular flexibility index (Phi) is 3.41. The molecule has 0 atom stereocenters. The summed E-state index contributed by atoms with van der Waals surface area (Å²) in [5.74, 6) is -2.43. The minimum atomic E-state index is -1.03. The first kappa shape index (κ1) is 12.3. The normalized spacial score (nSPS) is 10.4. The van der Waals surface area contributed by atoms with Gasteiger partial charge in [-0.1, -0.05) is 0 Å². The first-order valence-electron chi connectivity index (χ1n) is 5.41. The van der Waals surface area contributed by atoms with Crippen molar-refractivity contribution in [2.75, 3.05) is 0 Å². The minimum absolute atomic E-state index is 0.100. The Labute approximate surface area is 103 Å². The molecule has 2 rings (SSSR count). The van der Waals surface area contributed by atoms with E-state index in [2.05, 4.69) is 5.32 Å². The molecule has 0 radical (unpaired) electrons. The zero-order valence-electron chi connectivity index (χ0n) is 9.78. The molecule has 18 heavy (non-hydrogen) atoms. The number of hydrogen-bond acceptors (Lipinski definition) is 1. The van der Waals surface area contributed by atoms with Crippen molar-refractivity contribution in [2.24, 2.45) is 7.05 Å². The highest BCUT2D eigenvalue weighted by Crippen LogP contribution is 2.09. The highest BCUT2D eigenvalue weighted by Gasteiger charge is 2.09. The van der Waals surface area contributed by atoms with Crippen LogP contribution in [0.1, 0.15) is 16.1 Å². The van der Waals surface area contributed by atoms with Crippen LogP contribution >= 0.6 is 0 Å². The first-order chi connectivity index (χ1) is 8.58. The molecule has 0 aliphatic heterocycles. The average Bonchev–Trinajstić information content (AvgIpc) is 2.75. The average molecular weight is 250 g/mol. The van der Waals surface area contributed by atoms with Crippen LogP contribution in [0.25, 0.3) is 0 Å². The van der Waals surface area contributed by atoms with E-state index in [9.17, 15) is 13.6 Å². The predicted molar refractivity (Wildman–Crippen MR) is 62.9 cm³/mol. The molecule has 3 nitrogen and oxygen atoms in total. The van der Waals surface area contributed by atoms with Crippen molar-refractivity contribution in [1.29, 1.82) is 0 Å². The summed E-state index contributed by atoms with van der Waals surface area (Å²) in [6, 6.07) is 6.80. The number of aryl methyl sites for hydroxylation is 1. The smallest absolute Gasteiger partial charge is 0.251 e. The Morgan fingerprint density at radius 3 is 2.67 bits per heavy atom. The number of hydrogen-bond donors (Lipinski definition) is 1. The van der Waals surface area contributed by atoms with Crippen molar-refractivity contribution < 1.29 is 13.6 Å². The second kappa shape index (κ2) is 5.00. The molecule has 0 bridgehead atoms. The summed E-state index contributed by atoms with van der Waals surface area (Å²) >= 11 is 0. The molecule has 0 aliphatic carbocycles. The number of benzene rings is 1. The summed E-state index contributed by atoms with van der Waals surface area (Å²) in [5, 5.41) is 2.64. The molecular formula is C13H12F2N2O. The van der Waals surface area contributed by atoms with Crippen molar-refractivity contribution in [1.82, 2.24) is 9.88 Å². The van der Waals surface area contributed by atoms with Gasteiger partial charge in [0, 0.05) is 24.5 Å². The lowest BCUT2D eigenvalue weighted by Gasteiger charge is -2.06. The van der Waals surface area contributed by atoms with Crippen LogP contribution in [0.4, 0.5) is 8.78 Å². The van der Waals surface area contributed by atoms with Crippen molar-refractivity contribution in [3.8, 4) is 0 Å². The van der Waals surface area contributed by atoms with Crippen LogP contribution in [0, 0.1) is 11.6 Å². The topological polar surface area (TPSA) is 34.0 Å². The third-order valence-electron chi connectivity index (χ3n) is 2.66. The fourth-order valence-corrected chi connectivity index (χ4v) is 1.59. The number of halogens is 2. The van der Waals surface area contributed by atoms with Crippen molar-refractivity contribution in [3.05, 3.63) is 59.4 Å². The van der Waals surface area contributed by atoms with Crippen molar-refractivity contribution >= 4 is 5.91 Å². The maximum absolute atomic E-state index is 13.0. The summed E-state index contributed by atoms with van der Waals surface area (Å²) in [6.45, 7) is 0.335. The van der Waals surface area contributed by atoms with E-state index >= 15 is 0 Å². The molecule has 1 heterocycles. The second-order valence-electron chi connectivity index (χ2n) is 3.92. The van der Waals surface area contributed by atoms with E-state index in [1.165, 1.54) is 6.07 Å². The molecule has 2 aromatic rings. The van der Waals surface area contributed by atoms with Crippen LogP contribution in [0.2, 0.25) is 0 Å². The number of nitrogens with one attached hydrogen (secondary N) is 1. The number of carbonyl (C=O) groups excluding carboxylic acids is 1. The molecule has 0 aliphatic rings. The van der Waals surface area contributed by atoms with Crippen LogP contribution < -0.4 is 5.32 Å². The van der Waals surface area contributed by atoms with Gasteiger partial charge < -0.3 is 9.88 Å². The van der Waals surface area contributed by atoms with E-state index in [1.807, 2.05) is 29.9 Å². The lowest BCUT2D eigenvalue weighted by molar-refractivity contribution is 0.0949. The van der Waals surface area contributed by atoms with Crippen molar-refractivity contribution in [3.63, 3.8) is 0 Å². The maximum atomic E-state index is 13.0. The van der Waals surface area contributed by atoms with Gasteiger partial charge in [-0.2, -0.15) is 0 Å². The third kappa shape index (κ3) is 2.56. The highest BCUT2D eigenvalue weighted by molar-refractivity contribution is 5.94. The van der Waals surface area contributed by atoms with Gasteiger partial charge in [0.1, 0.15) is 0 Å². The number of rotatable bonds is 3. The zero-order valence-corrected chi connectivity index (χ0v) is 9.78. The Morgan fingerprint density at radius 1 is 1.28 bits per heavy atom. The standard InChI is InChI=1S/C13H12F2N2O/c1-17-6-2-3-10(17)8-16-13(18)9-4-5-11(14)12(15)7-9/h2-7H,8H2,1H3,(H,16,18). The van der Waals surface area contributed by atoms with E-state index in [4.69, 9.17) is 0 Å². The lowest BCUT2D eigenvalue weighted by Crippen LogP contribution is -2.24. The van der Waals surface area contributed by atoms with Crippen LogP contribution in [0.5, 0.6) is 0 Å². The zero-order chi connectivity index (χ0) is 13.1. The molecule has 1 amide bonds. The molecule has 1 aromatic heterocycles.